The van der Waals surface area contributed by atoms with Gasteiger partial charge in [0.25, 0.3) is 0 Å². The zero-order chi connectivity index (χ0) is 15.4. The van der Waals surface area contributed by atoms with Gasteiger partial charge in [-0.15, -0.1) is 12.4 Å². The average Bonchev–Trinajstić information content (AvgIpc) is 2.43. The molecular formula is C16H23ClN2O3. The van der Waals surface area contributed by atoms with Crippen molar-refractivity contribution >= 4 is 30.0 Å². The quantitative estimate of drug-likeness (QED) is 0.891. The van der Waals surface area contributed by atoms with Gasteiger partial charge in [-0.2, -0.15) is 0 Å². The van der Waals surface area contributed by atoms with E-state index in [9.17, 15) is 9.59 Å². The Morgan fingerprint density at radius 1 is 1.32 bits per heavy atom. The second-order valence-corrected chi connectivity index (χ2v) is 5.76. The zero-order valence-electron chi connectivity index (χ0n) is 13.0. The highest BCUT2D eigenvalue weighted by molar-refractivity contribution is 5.92. The molecule has 1 aliphatic heterocycles. The van der Waals surface area contributed by atoms with Crippen molar-refractivity contribution in [2.24, 2.45) is 5.92 Å². The third-order valence-corrected chi connectivity index (χ3v) is 4.01. The second-order valence-electron chi connectivity index (χ2n) is 5.76. The molecule has 2 rings (SSSR count). The molecule has 22 heavy (non-hydrogen) atoms. The number of aryl methyl sites for hydroxylation is 2. The molecule has 0 radical (unpaired) electrons. The summed E-state index contributed by atoms with van der Waals surface area (Å²) in [6, 6.07) is 5.81. The highest BCUT2D eigenvalue weighted by Gasteiger charge is 2.26. The van der Waals surface area contributed by atoms with Gasteiger partial charge in [0.15, 0.2) is 0 Å². The van der Waals surface area contributed by atoms with Crippen LogP contribution in [-0.4, -0.2) is 41.5 Å². The molecule has 1 saturated heterocycles. The molecule has 1 heterocycles. The van der Waals surface area contributed by atoms with Crippen LogP contribution < -0.4 is 5.32 Å². The van der Waals surface area contributed by atoms with Crippen LogP contribution in [0.25, 0.3) is 0 Å². The Morgan fingerprint density at radius 3 is 2.68 bits per heavy atom. The standard InChI is InChI=1S/C16H22N2O3.ClH/c1-11-5-6-14(8-12(11)2)17-15(19)10-18-7-3-4-13(9-18)16(20)21;/h5-6,8,13H,3-4,7,9-10H2,1-2H3,(H,17,19)(H,20,21);1H. The lowest BCUT2D eigenvalue weighted by Crippen LogP contribution is -2.42. The first-order chi connectivity index (χ1) is 9.95. The minimum Gasteiger partial charge on any atom is -0.481 e. The fraction of sp³-hybridized carbons (Fsp3) is 0.500. The van der Waals surface area contributed by atoms with Gasteiger partial charge in [0.05, 0.1) is 12.5 Å². The van der Waals surface area contributed by atoms with E-state index in [2.05, 4.69) is 5.32 Å². The Morgan fingerprint density at radius 2 is 2.05 bits per heavy atom. The second kappa shape index (κ2) is 8.15. The molecule has 0 bridgehead atoms. The van der Waals surface area contributed by atoms with Crippen molar-refractivity contribution < 1.29 is 14.7 Å². The van der Waals surface area contributed by atoms with Gasteiger partial charge in [-0.25, -0.2) is 0 Å². The van der Waals surface area contributed by atoms with Crippen LogP contribution in [0.3, 0.4) is 0 Å². The molecule has 1 aliphatic rings. The van der Waals surface area contributed by atoms with Crippen molar-refractivity contribution in [3.8, 4) is 0 Å². The number of halogens is 1. The van der Waals surface area contributed by atoms with E-state index < -0.39 is 5.97 Å². The van der Waals surface area contributed by atoms with Gasteiger partial charge in [0, 0.05) is 12.2 Å². The maximum atomic E-state index is 12.1. The summed E-state index contributed by atoms with van der Waals surface area (Å²) >= 11 is 0. The Bertz CT molecular complexity index is 548. The van der Waals surface area contributed by atoms with Crippen LogP contribution in [0.2, 0.25) is 0 Å². The first kappa shape index (κ1) is 18.5. The number of likely N-dealkylation sites (tertiary alicyclic amines) is 1. The third-order valence-electron chi connectivity index (χ3n) is 4.01. The predicted octanol–water partition coefficient (Wildman–Crippen LogP) is 2.46. The summed E-state index contributed by atoms with van der Waals surface area (Å²) < 4.78 is 0. The summed E-state index contributed by atoms with van der Waals surface area (Å²) in [5, 5.41) is 11.9. The van der Waals surface area contributed by atoms with Gasteiger partial charge in [-0.1, -0.05) is 6.07 Å². The van der Waals surface area contributed by atoms with Crippen LogP contribution in [0.15, 0.2) is 18.2 Å². The monoisotopic (exact) mass is 326 g/mol. The molecule has 0 saturated carbocycles. The number of carbonyl (C=O) groups excluding carboxylic acids is 1. The Kier molecular flexibility index (Phi) is 6.84. The number of aliphatic carboxylic acids is 1. The minimum atomic E-state index is -0.769. The molecule has 1 unspecified atom stereocenters. The summed E-state index contributed by atoms with van der Waals surface area (Å²) in [7, 11) is 0. The summed E-state index contributed by atoms with van der Waals surface area (Å²) in [4.78, 5) is 25.0. The van der Waals surface area contributed by atoms with Crippen LogP contribution in [0, 0.1) is 19.8 Å². The van der Waals surface area contributed by atoms with E-state index in [0.29, 0.717) is 13.0 Å². The minimum absolute atomic E-state index is 0. The lowest BCUT2D eigenvalue weighted by molar-refractivity contribution is -0.144. The highest BCUT2D eigenvalue weighted by Crippen LogP contribution is 2.17. The first-order valence-electron chi connectivity index (χ1n) is 7.28. The highest BCUT2D eigenvalue weighted by atomic mass is 35.5. The number of piperidine rings is 1. The molecule has 0 aliphatic carbocycles. The van der Waals surface area contributed by atoms with Gasteiger partial charge >= 0.3 is 5.97 Å². The fourth-order valence-corrected chi connectivity index (χ4v) is 2.62. The van der Waals surface area contributed by atoms with E-state index in [1.165, 1.54) is 5.56 Å². The SMILES string of the molecule is Cc1ccc(NC(=O)CN2CCCC(C(=O)O)C2)cc1C.Cl. The van der Waals surface area contributed by atoms with Gasteiger partial charge in [0.1, 0.15) is 0 Å². The molecule has 1 aromatic carbocycles. The van der Waals surface area contributed by atoms with Gasteiger partial charge < -0.3 is 10.4 Å². The van der Waals surface area contributed by atoms with E-state index in [0.717, 1.165) is 24.2 Å². The van der Waals surface area contributed by atoms with Gasteiger partial charge in [-0.3, -0.25) is 14.5 Å². The number of nitrogens with one attached hydrogen (secondary N) is 1. The lowest BCUT2D eigenvalue weighted by atomic mass is 9.98. The molecule has 1 fully saturated rings. The topological polar surface area (TPSA) is 69.6 Å². The maximum Gasteiger partial charge on any atom is 0.307 e. The van der Waals surface area contributed by atoms with Crippen LogP contribution >= 0.6 is 12.4 Å². The van der Waals surface area contributed by atoms with Crippen LogP contribution in [0.5, 0.6) is 0 Å². The first-order valence-corrected chi connectivity index (χ1v) is 7.28. The van der Waals surface area contributed by atoms with Crippen molar-refractivity contribution in [3.05, 3.63) is 29.3 Å². The molecule has 6 heteroatoms. The van der Waals surface area contributed by atoms with E-state index >= 15 is 0 Å². The normalized spacial score (nSPS) is 18.4. The number of hydrogen-bond donors (Lipinski definition) is 2. The fourth-order valence-electron chi connectivity index (χ4n) is 2.62. The molecule has 122 valence electrons. The van der Waals surface area contributed by atoms with Crippen LogP contribution in [0.1, 0.15) is 24.0 Å². The number of carbonyl (C=O) groups is 2. The Hall–Kier alpha value is -1.59. The molecule has 1 aromatic rings. The molecule has 0 aromatic heterocycles. The zero-order valence-corrected chi connectivity index (χ0v) is 13.8. The van der Waals surface area contributed by atoms with Crippen LogP contribution in [-0.2, 0) is 9.59 Å². The van der Waals surface area contributed by atoms with Crippen LogP contribution in [0.4, 0.5) is 5.69 Å². The van der Waals surface area contributed by atoms with E-state index in [4.69, 9.17) is 5.11 Å². The largest absolute Gasteiger partial charge is 0.481 e. The molecule has 1 atom stereocenters. The summed E-state index contributed by atoms with van der Waals surface area (Å²) in [5.74, 6) is -1.22. The lowest BCUT2D eigenvalue weighted by Gasteiger charge is -2.29. The number of anilines is 1. The van der Waals surface area contributed by atoms with Gasteiger partial charge in [0.2, 0.25) is 5.91 Å². The van der Waals surface area contributed by atoms with E-state index in [-0.39, 0.29) is 30.8 Å². The van der Waals surface area contributed by atoms with E-state index in [1.807, 2.05) is 36.9 Å². The Labute approximate surface area is 137 Å². The number of nitrogens with zero attached hydrogens (tertiary/aromatic N) is 1. The van der Waals surface area contributed by atoms with E-state index in [1.54, 1.807) is 0 Å². The number of carboxylic acid groups (broad SMARTS) is 1. The number of carboxylic acids is 1. The van der Waals surface area contributed by atoms with Crippen molar-refractivity contribution in [2.75, 3.05) is 25.0 Å². The molecule has 0 spiro atoms. The van der Waals surface area contributed by atoms with Crippen molar-refractivity contribution in [2.45, 2.75) is 26.7 Å². The third kappa shape index (κ3) is 5.00. The summed E-state index contributed by atoms with van der Waals surface area (Å²) in [6.45, 7) is 5.52. The maximum absolute atomic E-state index is 12.1. The summed E-state index contributed by atoms with van der Waals surface area (Å²) in [6.07, 6.45) is 1.53. The number of hydrogen-bond acceptors (Lipinski definition) is 3. The number of amides is 1. The van der Waals surface area contributed by atoms with Crippen molar-refractivity contribution in [3.63, 3.8) is 0 Å². The summed E-state index contributed by atoms with van der Waals surface area (Å²) in [5.41, 5.74) is 3.11. The molecule has 2 N–H and O–H groups in total. The van der Waals surface area contributed by atoms with Gasteiger partial charge in [-0.05, 0) is 56.5 Å². The predicted molar refractivity (Wildman–Crippen MR) is 88.6 cm³/mol. The van der Waals surface area contributed by atoms with Crippen molar-refractivity contribution in [1.82, 2.24) is 4.90 Å². The average molecular weight is 327 g/mol. The number of rotatable bonds is 4. The Balaban J connectivity index is 0.00000242. The smallest absolute Gasteiger partial charge is 0.307 e. The molecule has 5 nitrogen and oxygen atoms in total. The van der Waals surface area contributed by atoms with Crippen molar-refractivity contribution in [1.29, 1.82) is 0 Å². The molecular weight excluding hydrogens is 304 g/mol. The molecule has 1 amide bonds. The number of benzene rings is 1.